The van der Waals surface area contributed by atoms with Gasteiger partial charge in [-0.25, -0.2) is 4.98 Å². The molecule has 2 rings (SSSR count). The van der Waals surface area contributed by atoms with E-state index >= 15 is 0 Å². The van der Waals surface area contributed by atoms with Gasteiger partial charge in [0.2, 0.25) is 5.91 Å². The van der Waals surface area contributed by atoms with Gasteiger partial charge in [-0.15, -0.1) is 0 Å². The van der Waals surface area contributed by atoms with E-state index in [9.17, 15) is 4.79 Å². The van der Waals surface area contributed by atoms with Crippen LogP contribution in [-0.4, -0.2) is 63.7 Å². The van der Waals surface area contributed by atoms with Gasteiger partial charge in [0.25, 0.3) is 0 Å². The quantitative estimate of drug-likeness (QED) is 0.775. The maximum Gasteiger partial charge on any atom is 0.227 e. The summed E-state index contributed by atoms with van der Waals surface area (Å²) in [6.07, 6.45) is 7.08. The average Bonchev–Trinajstić information content (AvgIpc) is 2.98. The molecule has 1 saturated heterocycles. The fraction of sp³-hybridized carbons (Fsp3) is 0.786. The summed E-state index contributed by atoms with van der Waals surface area (Å²) < 4.78 is 1.71. The number of carbonyl (C=O) groups is 1. The summed E-state index contributed by atoms with van der Waals surface area (Å²) in [7, 11) is 1.89. The van der Waals surface area contributed by atoms with Crippen LogP contribution in [0.1, 0.15) is 26.2 Å². The van der Waals surface area contributed by atoms with Crippen LogP contribution in [0.15, 0.2) is 12.7 Å². The minimum absolute atomic E-state index is 0.0666. The second-order valence-electron chi connectivity index (χ2n) is 5.68. The zero-order valence-electron chi connectivity index (χ0n) is 12.5. The highest BCUT2D eigenvalue weighted by Crippen LogP contribution is 2.09. The first-order chi connectivity index (χ1) is 9.66. The van der Waals surface area contributed by atoms with Crippen molar-refractivity contribution in [2.45, 2.75) is 32.7 Å². The summed E-state index contributed by atoms with van der Waals surface area (Å²) in [5, 5.41) is 4.04. The van der Waals surface area contributed by atoms with E-state index in [-0.39, 0.29) is 11.8 Å². The lowest BCUT2D eigenvalue weighted by Gasteiger charge is -2.29. The Morgan fingerprint density at radius 3 is 2.75 bits per heavy atom. The minimum atomic E-state index is -0.0666. The molecular weight excluding hydrogens is 254 g/mol. The molecule has 1 unspecified atom stereocenters. The first-order valence-electron chi connectivity index (χ1n) is 7.46. The molecule has 1 aliphatic rings. The van der Waals surface area contributed by atoms with Crippen molar-refractivity contribution < 1.29 is 4.79 Å². The van der Waals surface area contributed by atoms with E-state index in [1.165, 1.54) is 38.7 Å². The lowest BCUT2D eigenvalue weighted by atomic mass is 10.1. The summed E-state index contributed by atoms with van der Waals surface area (Å²) in [5.41, 5.74) is 0. The Bertz CT molecular complexity index is 400. The number of hydrogen-bond acceptors (Lipinski definition) is 4. The summed E-state index contributed by atoms with van der Waals surface area (Å²) in [6, 6.07) is 0. The van der Waals surface area contributed by atoms with E-state index in [0.717, 1.165) is 13.1 Å². The third-order valence-corrected chi connectivity index (χ3v) is 3.93. The summed E-state index contributed by atoms with van der Waals surface area (Å²) in [6.45, 7) is 6.68. The zero-order valence-corrected chi connectivity index (χ0v) is 12.5. The Morgan fingerprint density at radius 1 is 1.35 bits per heavy atom. The Morgan fingerprint density at radius 2 is 2.10 bits per heavy atom. The average molecular weight is 279 g/mol. The largest absolute Gasteiger partial charge is 0.344 e. The molecule has 1 aromatic heterocycles. The molecule has 0 aliphatic carbocycles. The number of likely N-dealkylation sites (N-methyl/N-ethyl adjacent to an activating group) is 1. The fourth-order valence-electron chi connectivity index (χ4n) is 2.65. The molecule has 0 spiro atoms. The molecule has 1 aliphatic heterocycles. The highest BCUT2D eigenvalue weighted by Gasteiger charge is 2.19. The Labute approximate surface area is 120 Å². The molecule has 1 aromatic rings. The molecule has 0 aromatic carbocycles. The van der Waals surface area contributed by atoms with Crippen molar-refractivity contribution in [1.29, 1.82) is 0 Å². The van der Waals surface area contributed by atoms with Crippen LogP contribution in [0.2, 0.25) is 0 Å². The van der Waals surface area contributed by atoms with E-state index in [0.29, 0.717) is 6.54 Å². The van der Waals surface area contributed by atoms with Crippen LogP contribution >= 0.6 is 0 Å². The number of nitrogens with zero attached hydrogens (tertiary/aromatic N) is 5. The van der Waals surface area contributed by atoms with Crippen LogP contribution in [0.3, 0.4) is 0 Å². The first-order valence-corrected chi connectivity index (χ1v) is 7.46. The second-order valence-corrected chi connectivity index (χ2v) is 5.68. The van der Waals surface area contributed by atoms with E-state index < -0.39 is 0 Å². The maximum atomic E-state index is 12.3. The molecule has 0 radical (unpaired) electrons. The lowest BCUT2D eigenvalue weighted by molar-refractivity contribution is -0.134. The number of piperidine rings is 1. The van der Waals surface area contributed by atoms with Gasteiger partial charge in [-0.1, -0.05) is 13.3 Å². The van der Waals surface area contributed by atoms with Crippen molar-refractivity contribution >= 4 is 5.91 Å². The SMILES string of the molecule is CC(Cn1cncn1)C(=O)N(C)CCN1CCCCC1. The molecule has 20 heavy (non-hydrogen) atoms. The molecule has 0 N–H and O–H groups in total. The predicted octanol–water partition coefficient (Wildman–Crippen LogP) is 0.858. The van der Waals surface area contributed by atoms with E-state index in [2.05, 4.69) is 15.0 Å². The van der Waals surface area contributed by atoms with Gasteiger partial charge >= 0.3 is 0 Å². The highest BCUT2D eigenvalue weighted by molar-refractivity contribution is 5.78. The van der Waals surface area contributed by atoms with Gasteiger partial charge < -0.3 is 9.80 Å². The number of rotatable bonds is 6. The van der Waals surface area contributed by atoms with Crippen molar-refractivity contribution in [3.05, 3.63) is 12.7 Å². The molecule has 6 nitrogen and oxygen atoms in total. The Kier molecular flexibility index (Phi) is 5.52. The van der Waals surface area contributed by atoms with Crippen LogP contribution < -0.4 is 0 Å². The maximum absolute atomic E-state index is 12.3. The number of aromatic nitrogens is 3. The van der Waals surface area contributed by atoms with E-state index in [4.69, 9.17) is 0 Å². The second kappa shape index (κ2) is 7.38. The standard InChI is InChI=1S/C14H25N5O/c1-13(10-19-12-15-11-16-19)14(20)17(2)8-9-18-6-4-3-5-7-18/h11-13H,3-10H2,1-2H3. The zero-order chi connectivity index (χ0) is 14.4. The smallest absolute Gasteiger partial charge is 0.227 e. The topological polar surface area (TPSA) is 54.3 Å². The van der Waals surface area contributed by atoms with Gasteiger partial charge in [0.1, 0.15) is 12.7 Å². The number of hydrogen-bond donors (Lipinski definition) is 0. The monoisotopic (exact) mass is 279 g/mol. The number of carbonyl (C=O) groups excluding carboxylic acids is 1. The third kappa shape index (κ3) is 4.30. The van der Waals surface area contributed by atoms with Crippen LogP contribution in [0, 0.1) is 5.92 Å². The molecule has 6 heteroatoms. The van der Waals surface area contributed by atoms with Crippen LogP contribution in [-0.2, 0) is 11.3 Å². The van der Waals surface area contributed by atoms with Crippen LogP contribution in [0.25, 0.3) is 0 Å². The van der Waals surface area contributed by atoms with Gasteiger partial charge in [-0.3, -0.25) is 9.48 Å². The van der Waals surface area contributed by atoms with Crippen molar-refractivity contribution in [3.8, 4) is 0 Å². The lowest BCUT2D eigenvalue weighted by Crippen LogP contribution is -2.41. The van der Waals surface area contributed by atoms with Crippen molar-refractivity contribution in [2.75, 3.05) is 33.2 Å². The Hall–Kier alpha value is -1.43. The van der Waals surface area contributed by atoms with Gasteiger partial charge in [-0.05, 0) is 25.9 Å². The molecule has 0 saturated carbocycles. The summed E-state index contributed by atoms with van der Waals surface area (Å²) in [4.78, 5) is 20.5. The fourth-order valence-corrected chi connectivity index (χ4v) is 2.65. The van der Waals surface area contributed by atoms with Gasteiger partial charge in [-0.2, -0.15) is 5.10 Å². The molecule has 1 atom stereocenters. The number of amides is 1. The molecule has 0 bridgehead atoms. The van der Waals surface area contributed by atoms with E-state index in [1.807, 2.05) is 18.9 Å². The van der Waals surface area contributed by atoms with Gasteiger partial charge in [0, 0.05) is 20.1 Å². The van der Waals surface area contributed by atoms with E-state index in [1.54, 1.807) is 11.0 Å². The van der Waals surface area contributed by atoms with Crippen LogP contribution in [0.5, 0.6) is 0 Å². The predicted molar refractivity (Wildman–Crippen MR) is 77.1 cm³/mol. The third-order valence-electron chi connectivity index (χ3n) is 3.93. The first kappa shape index (κ1) is 15.0. The van der Waals surface area contributed by atoms with Gasteiger partial charge in [0.05, 0.1) is 12.5 Å². The highest BCUT2D eigenvalue weighted by atomic mass is 16.2. The molecule has 112 valence electrons. The molecule has 1 amide bonds. The van der Waals surface area contributed by atoms with Crippen molar-refractivity contribution in [2.24, 2.45) is 5.92 Å². The molecular formula is C14H25N5O. The van der Waals surface area contributed by atoms with Crippen molar-refractivity contribution in [3.63, 3.8) is 0 Å². The van der Waals surface area contributed by atoms with Crippen LogP contribution in [0.4, 0.5) is 0 Å². The van der Waals surface area contributed by atoms with Gasteiger partial charge in [0.15, 0.2) is 0 Å². The summed E-state index contributed by atoms with van der Waals surface area (Å²) >= 11 is 0. The molecule has 2 heterocycles. The normalized spacial score (nSPS) is 17.9. The Balaban J connectivity index is 1.73. The minimum Gasteiger partial charge on any atom is -0.344 e. The summed E-state index contributed by atoms with van der Waals surface area (Å²) in [5.74, 6) is 0.112. The number of likely N-dealkylation sites (tertiary alicyclic amines) is 1. The molecule has 1 fully saturated rings. The van der Waals surface area contributed by atoms with Crippen molar-refractivity contribution in [1.82, 2.24) is 24.6 Å².